The van der Waals surface area contributed by atoms with E-state index in [1.54, 1.807) is 18.2 Å². The van der Waals surface area contributed by atoms with Crippen LogP contribution >= 0.6 is 0 Å². The van der Waals surface area contributed by atoms with E-state index in [-0.39, 0.29) is 18.6 Å². The number of aliphatic hydroxyl groups excluding tert-OH is 2. The number of aryl methyl sites for hydroxylation is 1. The molecule has 2 heterocycles. The number of hydrogen-bond acceptors (Lipinski definition) is 6. The lowest BCUT2D eigenvalue weighted by Gasteiger charge is -2.37. The second-order valence-corrected chi connectivity index (χ2v) is 6.04. The number of benzene rings is 1. The zero-order valence-corrected chi connectivity index (χ0v) is 13.1. The van der Waals surface area contributed by atoms with Crippen LogP contribution in [0.25, 0.3) is 11.0 Å². The van der Waals surface area contributed by atoms with E-state index in [9.17, 15) is 15.0 Å². The quantitative estimate of drug-likeness (QED) is 0.835. The summed E-state index contributed by atoms with van der Waals surface area (Å²) >= 11 is 0. The third-order valence-electron chi connectivity index (χ3n) is 4.20. The van der Waals surface area contributed by atoms with Crippen molar-refractivity contribution >= 4 is 11.0 Å². The highest BCUT2D eigenvalue weighted by atomic mass is 16.7. The van der Waals surface area contributed by atoms with Gasteiger partial charge in [-0.3, -0.25) is 0 Å². The Labute approximate surface area is 133 Å². The Bertz CT molecular complexity index is 752. The molecule has 124 valence electrons. The lowest BCUT2D eigenvalue weighted by Crippen LogP contribution is -2.48. The number of rotatable bonds is 3. The van der Waals surface area contributed by atoms with Crippen molar-refractivity contribution in [3.63, 3.8) is 0 Å². The molecule has 1 aromatic carbocycles. The van der Waals surface area contributed by atoms with Gasteiger partial charge >= 0.3 is 5.63 Å². The lowest BCUT2D eigenvalue weighted by atomic mass is 9.94. The Morgan fingerprint density at radius 1 is 1.35 bits per heavy atom. The largest absolute Gasteiger partial charge is 0.462 e. The normalized spacial score (nSPS) is 28.0. The van der Waals surface area contributed by atoms with Gasteiger partial charge in [-0.25, -0.2) is 4.79 Å². The molecule has 2 N–H and O–H groups in total. The molecule has 0 aliphatic carbocycles. The van der Waals surface area contributed by atoms with E-state index < -0.39 is 18.0 Å². The van der Waals surface area contributed by atoms with Gasteiger partial charge in [-0.05, 0) is 37.0 Å². The van der Waals surface area contributed by atoms with Gasteiger partial charge in [-0.15, -0.1) is 0 Å². The molecule has 1 fully saturated rings. The number of hydrogen-bond donors (Lipinski definition) is 2. The Kier molecular flexibility index (Phi) is 4.39. The maximum atomic E-state index is 11.5. The van der Waals surface area contributed by atoms with Gasteiger partial charge < -0.3 is 24.1 Å². The topological polar surface area (TPSA) is 89.1 Å². The van der Waals surface area contributed by atoms with Crippen LogP contribution in [0.3, 0.4) is 0 Å². The maximum Gasteiger partial charge on any atom is 0.336 e. The first kappa shape index (κ1) is 16.0. The van der Waals surface area contributed by atoms with Gasteiger partial charge in [0.25, 0.3) is 0 Å². The first-order chi connectivity index (χ1) is 11.0. The fourth-order valence-corrected chi connectivity index (χ4v) is 2.88. The van der Waals surface area contributed by atoms with Crippen molar-refractivity contribution in [3.8, 4) is 5.75 Å². The van der Waals surface area contributed by atoms with Gasteiger partial charge in [0.05, 0.1) is 12.7 Å². The third kappa shape index (κ3) is 3.24. The summed E-state index contributed by atoms with van der Waals surface area (Å²) < 4.78 is 16.5. The van der Waals surface area contributed by atoms with Crippen LogP contribution in [0.15, 0.2) is 33.5 Å². The van der Waals surface area contributed by atoms with E-state index in [1.165, 1.54) is 6.07 Å². The molecule has 6 nitrogen and oxygen atoms in total. The highest BCUT2D eigenvalue weighted by Gasteiger charge is 2.36. The SMILES string of the molecule is Cc1cc(=O)oc2cc(O[C@@H]3O[C@H](CO)C[C@H](C)[C@H]3O)ccc12. The van der Waals surface area contributed by atoms with Crippen LogP contribution in [0.1, 0.15) is 18.9 Å². The number of aliphatic hydroxyl groups is 2. The van der Waals surface area contributed by atoms with Crippen molar-refractivity contribution in [1.82, 2.24) is 0 Å². The summed E-state index contributed by atoms with van der Waals surface area (Å²) in [5, 5.41) is 20.3. The zero-order chi connectivity index (χ0) is 16.6. The summed E-state index contributed by atoms with van der Waals surface area (Å²) in [6, 6.07) is 6.57. The Balaban J connectivity index is 1.87. The maximum absolute atomic E-state index is 11.5. The van der Waals surface area contributed by atoms with Gasteiger partial charge in [-0.1, -0.05) is 6.92 Å². The van der Waals surface area contributed by atoms with Crippen molar-refractivity contribution in [2.45, 2.75) is 38.8 Å². The smallest absolute Gasteiger partial charge is 0.336 e. The molecule has 1 saturated heterocycles. The second kappa shape index (κ2) is 6.31. The van der Waals surface area contributed by atoms with Crippen LogP contribution in [0.4, 0.5) is 0 Å². The number of fused-ring (bicyclic) bond motifs is 1. The molecule has 1 aromatic heterocycles. The number of ether oxygens (including phenoxy) is 2. The lowest BCUT2D eigenvalue weighted by molar-refractivity contribution is -0.225. The molecule has 0 amide bonds. The average Bonchev–Trinajstić information content (AvgIpc) is 2.51. The van der Waals surface area contributed by atoms with E-state index in [0.29, 0.717) is 17.8 Å². The van der Waals surface area contributed by atoms with Gasteiger partial charge in [0, 0.05) is 17.5 Å². The van der Waals surface area contributed by atoms with E-state index in [1.807, 2.05) is 13.8 Å². The van der Waals surface area contributed by atoms with Gasteiger partial charge in [-0.2, -0.15) is 0 Å². The minimum Gasteiger partial charge on any atom is -0.462 e. The van der Waals surface area contributed by atoms with Crippen LogP contribution in [-0.2, 0) is 4.74 Å². The van der Waals surface area contributed by atoms with Gasteiger partial charge in [0.1, 0.15) is 17.4 Å². The summed E-state index contributed by atoms with van der Waals surface area (Å²) in [6.07, 6.45) is -1.45. The standard InChI is InChI=1S/C17H20O6/c1-9-6-15(19)23-14-7-11(3-4-13(9)14)21-17-16(20)10(2)5-12(8-18)22-17/h3-4,6-7,10,12,16-18,20H,5,8H2,1-2H3/t10-,12-,16+,17+/m0/s1. The van der Waals surface area contributed by atoms with E-state index in [4.69, 9.17) is 13.9 Å². The molecule has 0 bridgehead atoms. The first-order valence-electron chi connectivity index (χ1n) is 7.63. The molecule has 4 atom stereocenters. The van der Waals surface area contributed by atoms with Crippen molar-refractivity contribution in [3.05, 3.63) is 40.2 Å². The predicted octanol–water partition coefficient (Wildman–Crippen LogP) is 1.58. The monoisotopic (exact) mass is 320 g/mol. The van der Waals surface area contributed by atoms with Crippen molar-refractivity contribution in [1.29, 1.82) is 0 Å². The van der Waals surface area contributed by atoms with Gasteiger partial charge in [0.2, 0.25) is 6.29 Å². The minimum atomic E-state index is -0.870. The molecule has 2 aromatic rings. The fraction of sp³-hybridized carbons (Fsp3) is 0.471. The van der Waals surface area contributed by atoms with Crippen LogP contribution in [0, 0.1) is 12.8 Å². The molecule has 0 spiro atoms. The molecule has 6 heteroatoms. The Morgan fingerprint density at radius 3 is 2.87 bits per heavy atom. The fourth-order valence-electron chi connectivity index (χ4n) is 2.88. The summed E-state index contributed by atoms with van der Waals surface area (Å²) in [7, 11) is 0. The molecular weight excluding hydrogens is 300 g/mol. The van der Waals surface area contributed by atoms with E-state index in [0.717, 1.165) is 10.9 Å². The van der Waals surface area contributed by atoms with E-state index >= 15 is 0 Å². The van der Waals surface area contributed by atoms with Crippen LogP contribution < -0.4 is 10.4 Å². The molecule has 0 radical (unpaired) electrons. The summed E-state index contributed by atoms with van der Waals surface area (Å²) in [5.74, 6) is 0.382. The third-order valence-corrected chi connectivity index (χ3v) is 4.20. The summed E-state index contributed by atoms with van der Waals surface area (Å²) in [6.45, 7) is 3.60. The second-order valence-electron chi connectivity index (χ2n) is 6.04. The molecule has 0 saturated carbocycles. The highest BCUT2D eigenvalue weighted by molar-refractivity contribution is 5.81. The minimum absolute atomic E-state index is 0.0495. The van der Waals surface area contributed by atoms with Crippen LogP contribution in [0.2, 0.25) is 0 Å². The van der Waals surface area contributed by atoms with Gasteiger partial charge in [0.15, 0.2) is 0 Å². The highest BCUT2D eigenvalue weighted by Crippen LogP contribution is 2.29. The summed E-state index contributed by atoms with van der Waals surface area (Å²) in [4.78, 5) is 11.5. The van der Waals surface area contributed by atoms with Crippen LogP contribution in [0.5, 0.6) is 5.75 Å². The predicted molar refractivity (Wildman–Crippen MR) is 83.4 cm³/mol. The van der Waals surface area contributed by atoms with Crippen molar-refractivity contribution < 1.29 is 24.1 Å². The van der Waals surface area contributed by atoms with Crippen LogP contribution in [-0.4, -0.2) is 35.3 Å². The summed E-state index contributed by atoms with van der Waals surface area (Å²) in [5.41, 5.74) is 0.824. The molecule has 1 aliphatic rings. The molecule has 3 rings (SSSR count). The molecule has 0 unspecified atom stereocenters. The molecule has 23 heavy (non-hydrogen) atoms. The zero-order valence-electron chi connectivity index (χ0n) is 13.1. The Hall–Kier alpha value is -1.89. The molecular formula is C17H20O6. The van der Waals surface area contributed by atoms with Crippen molar-refractivity contribution in [2.24, 2.45) is 5.92 Å². The van der Waals surface area contributed by atoms with E-state index in [2.05, 4.69) is 0 Å². The first-order valence-corrected chi connectivity index (χ1v) is 7.63. The average molecular weight is 320 g/mol. The molecule has 1 aliphatic heterocycles. The van der Waals surface area contributed by atoms with Crippen molar-refractivity contribution in [2.75, 3.05) is 6.61 Å². The Morgan fingerprint density at radius 2 is 2.13 bits per heavy atom.